The zero-order valence-corrected chi connectivity index (χ0v) is 10.1. The molecule has 1 fully saturated rings. The summed E-state index contributed by atoms with van der Waals surface area (Å²) in [7, 11) is 4.30. The largest absolute Gasteiger partial charge is 0.384 e. The van der Waals surface area contributed by atoms with Crippen molar-refractivity contribution < 1.29 is 0 Å². The van der Waals surface area contributed by atoms with E-state index < -0.39 is 0 Å². The third kappa shape index (κ3) is 2.71. The van der Waals surface area contributed by atoms with E-state index >= 15 is 0 Å². The normalized spacial score (nSPS) is 21.8. The first-order valence-corrected chi connectivity index (χ1v) is 5.74. The number of pyridine rings is 1. The van der Waals surface area contributed by atoms with Gasteiger partial charge in [0.2, 0.25) is 0 Å². The fourth-order valence-electron chi connectivity index (χ4n) is 2.16. The van der Waals surface area contributed by atoms with Gasteiger partial charge in [-0.3, -0.25) is 4.90 Å². The van der Waals surface area contributed by atoms with Crippen molar-refractivity contribution in [2.45, 2.75) is 19.0 Å². The number of rotatable bonds is 3. The Morgan fingerprint density at radius 1 is 1.50 bits per heavy atom. The van der Waals surface area contributed by atoms with Crippen LogP contribution in [0.5, 0.6) is 0 Å². The Balaban J connectivity index is 1.89. The summed E-state index contributed by atoms with van der Waals surface area (Å²) in [5.41, 5.74) is 6.81. The lowest BCUT2D eigenvalue weighted by molar-refractivity contribution is 0.264. The molecule has 1 atom stereocenters. The topological polar surface area (TPSA) is 45.4 Å². The minimum atomic E-state index is 0.594. The van der Waals surface area contributed by atoms with Crippen LogP contribution in [0.15, 0.2) is 18.3 Å². The van der Waals surface area contributed by atoms with Gasteiger partial charge in [0, 0.05) is 31.9 Å². The highest BCUT2D eigenvalue weighted by atomic mass is 15.2. The van der Waals surface area contributed by atoms with E-state index in [-0.39, 0.29) is 0 Å². The lowest BCUT2D eigenvalue weighted by atomic mass is 10.2. The van der Waals surface area contributed by atoms with Crippen LogP contribution < -0.4 is 5.73 Å². The molecule has 2 heterocycles. The van der Waals surface area contributed by atoms with E-state index in [1.807, 2.05) is 12.3 Å². The Hall–Kier alpha value is -1.13. The van der Waals surface area contributed by atoms with Crippen LogP contribution in [0.1, 0.15) is 12.0 Å². The molecule has 2 rings (SSSR count). The standard InChI is InChI=1S/C12H20N4/c1-15(2)11-5-6-16(9-11)8-10-3-4-12(13)14-7-10/h3-4,7,11H,5-6,8-9H2,1-2H3,(H2,13,14)/t11-/m1/s1. The minimum Gasteiger partial charge on any atom is -0.384 e. The zero-order chi connectivity index (χ0) is 11.5. The summed E-state index contributed by atoms with van der Waals surface area (Å²) in [6, 6.07) is 4.63. The lowest BCUT2D eigenvalue weighted by Gasteiger charge is -2.20. The first kappa shape index (κ1) is 11.4. The Kier molecular flexibility index (Phi) is 3.41. The molecule has 0 aliphatic carbocycles. The van der Waals surface area contributed by atoms with Crippen LogP contribution in [-0.4, -0.2) is 48.0 Å². The zero-order valence-electron chi connectivity index (χ0n) is 10.1. The predicted octanol–water partition coefficient (Wildman–Crippen LogP) is 0.800. The first-order chi connectivity index (χ1) is 7.65. The number of nitrogens with two attached hydrogens (primary N) is 1. The molecule has 1 aromatic heterocycles. The number of hydrogen-bond donors (Lipinski definition) is 1. The van der Waals surface area contributed by atoms with Crippen molar-refractivity contribution in [2.75, 3.05) is 32.9 Å². The van der Waals surface area contributed by atoms with Gasteiger partial charge in [-0.25, -0.2) is 4.98 Å². The van der Waals surface area contributed by atoms with Crippen LogP contribution >= 0.6 is 0 Å². The van der Waals surface area contributed by atoms with Crippen molar-refractivity contribution >= 4 is 5.82 Å². The summed E-state index contributed by atoms with van der Waals surface area (Å²) in [5, 5.41) is 0. The van der Waals surface area contributed by atoms with E-state index in [1.165, 1.54) is 18.5 Å². The van der Waals surface area contributed by atoms with Crippen LogP contribution in [0, 0.1) is 0 Å². The van der Waals surface area contributed by atoms with E-state index in [0.717, 1.165) is 13.1 Å². The molecule has 4 heteroatoms. The van der Waals surface area contributed by atoms with Gasteiger partial charge in [0.25, 0.3) is 0 Å². The molecule has 2 N–H and O–H groups in total. The fourth-order valence-corrected chi connectivity index (χ4v) is 2.16. The summed E-state index contributed by atoms with van der Waals surface area (Å²) >= 11 is 0. The van der Waals surface area contributed by atoms with Crippen molar-refractivity contribution in [1.82, 2.24) is 14.8 Å². The third-order valence-electron chi connectivity index (χ3n) is 3.23. The van der Waals surface area contributed by atoms with Gasteiger partial charge in [-0.15, -0.1) is 0 Å². The van der Waals surface area contributed by atoms with Crippen LogP contribution in [0.3, 0.4) is 0 Å². The number of likely N-dealkylation sites (N-methyl/N-ethyl adjacent to an activating group) is 1. The number of nitrogen functional groups attached to an aromatic ring is 1. The molecule has 1 saturated heterocycles. The maximum atomic E-state index is 5.57. The van der Waals surface area contributed by atoms with Crippen LogP contribution in [-0.2, 0) is 6.54 Å². The van der Waals surface area contributed by atoms with E-state index in [2.05, 4.69) is 34.9 Å². The van der Waals surface area contributed by atoms with Crippen LogP contribution in [0.4, 0.5) is 5.82 Å². The highest BCUT2D eigenvalue weighted by Gasteiger charge is 2.23. The molecule has 0 amide bonds. The number of nitrogens with zero attached hydrogens (tertiary/aromatic N) is 3. The smallest absolute Gasteiger partial charge is 0.123 e. The fraction of sp³-hybridized carbons (Fsp3) is 0.583. The van der Waals surface area contributed by atoms with Crippen molar-refractivity contribution in [3.8, 4) is 0 Å². The molecule has 0 radical (unpaired) electrons. The summed E-state index contributed by atoms with van der Waals surface area (Å²) in [5.74, 6) is 0.594. The second kappa shape index (κ2) is 4.80. The third-order valence-corrected chi connectivity index (χ3v) is 3.23. The molecule has 1 aromatic rings. The molecule has 0 saturated carbocycles. The number of aromatic nitrogens is 1. The molecule has 16 heavy (non-hydrogen) atoms. The summed E-state index contributed by atoms with van der Waals surface area (Å²) in [6.07, 6.45) is 3.13. The lowest BCUT2D eigenvalue weighted by Crippen LogP contribution is -2.31. The number of anilines is 1. The van der Waals surface area contributed by atoms with Gasteiger partial charge in [0.15, 0.2) is 0 Å². The summed E-state index contributed by atoms with van der Waals surface area (Å²) in [4.78, 5) is 8.89. The molecule has 0 bridgehead atoms. The van der Waals surface area contributed by atoms with Crippen molar-refractivity contribution in [3.63, 3.8) is 0 Å². The van der Waals surface area contributed by atoms with Gasteiger partial charge in [0.05, 0.1) is 0 Å². The van der Waals surface area contributed by atoms with Gasteiger partial charge in [0.1, 0.15) is 5.82 Å². The SMILES string of the molecule is CN(C)[C@@H]1CCN(Cc2ccc(N)nc2)C1. The van der Waals surface area contributed by atoms with E-state index in [4.69, 9.17) is 5.73 Å². The maximum absolute atomic E-state index is 5.57. The second-order valence-electron chi connectivity index (χ2n) is 4.73. The molecule has 0 aromatic carbocycles. The average molecular weight is 220 g/mol. The first-order valence-electron chi connectivity index (χ1n) is 5.74. The number of hydrogen-bond acceptors (Lipinski definition) is 4. The molecule has 88 valence electrons. The predicted molar refractivity (Wildman–Crippen MR) is 66.0 cm³/mol. The maximum Gasteiger partial charge on any atom is 0.123 e. The Morgan fingerprint density at radius 3 is 2.88 bits per heavy atom. The summed E-state index contributed by atoms with van der Waals surface area (Å²) < 4.78 is 0. The van der Waals surface area contributed by atoms with Gasteiger partial charge < -0.3 is 10.6 Å². The molecule has 0 spiro atoms. The Labute approximate surface area is 97.1 Å². The Morgan fingerprint density at radius 2 is 2.31 bits per heavy atom. The van der Waals surface area contributed by atoms with Gasteiger partial charge in [-0.2, -0.15) is 0 Å². The van der Waals surface area contributed by atoms with Crippen LogP contribution in [0.25, 0.3) is 0 Å². The minimum absolute atomic E-state index is 0.594. The summed E-state index contributed by atoms with van der Waals surface area (Å²) in [6.45, 7) is 3.31. The molecule has 0 unspecified atom stereocenters. The van der Waals surface area contributed by atoms with E-state index in [9.17, 15) is 0 Å². The Bertz CT molecular complexity index is 333. The van der Waals surface area contributed by atoms with Gasteiger partial charge in [-0.05, 0) is 32.1 Å². The van der Waals surface area contributed by atoms with Gasteiger partial charge >= 0.3 is 0 Å². The molecule has 1 aliphatic heterocycles. The van der Waals surface area contributed by atoms with Gasteiger partial charge in [-0.1, -0.05) is 6.07 Å². The van der Waals surface area contributed by atoms with Crippen LogP contribution in [0.2, 0.25) is 0 Å². The highest BCUT2D eigenvalue weighted by molar-refractivity contribution is 5.29. The monoisotopic (exact) mass is 220 g/mol. The van der Waals surface area contributed by atoms with Crippen molar-refractivity contribution in [1.29, 1.82) is 0 Å². The van der Waals surface area contributed by atoms with E-state index in [0.29, 0.717) is 11.9 Å². The highest BCUT2D eigenvalue weighted by Crippen LogP contribution is 2.16. The van der Waals surface area contributed by atoms with Crippen molar-refractivity contribution in [3.05, 3.63) is 23.9 Å². The average Bonchev–Trinajstić information content (AvgIpc) is 2.70. The van der Waals surface area contributed by atoms with Crippen molar-refractivity contribution in [2.24, 2.45) is 0 Å². The molecule has 1 aliphatic rings. The molecule has 4 nitrogen and oxygen atoms in total. The number of likely N-dealkylation sites (tertiary alicyclic amines) is 1. The molecular formula is C12H20N4. The quantitative estimate of drug-likeness (QED) is 0.818. The molecular weight excluding hydrogens is 200 g/mol. The van der Waals surface area contributed by atoms with E-state index in [1.54, 1.807) is 0 Å². The second-order valence-corrected chi connectivity index (χ2v) is 4.73.